The number of H-pyrrole nitrogens is 1. The fourth-order valence-corrected chi connectivity index (χ4v) is 3.75. The van der Waals surface area contributed by atoms with Crippen LogP contribution in [-0.2, 0) is 30.4 Å². The molecule has 12 nitrogen and oxygen atoms in total. The number of carbonyl (C=O) groups excluding carboxylic acids is 3. The maximum Gasteiger partial charge on any atom is 0.329 e. The van der Waals surface area contributed by atoms with Gasteiger partial charge in [-0.2, -0.15) is 5.06 Å². The average Bonchev–Trinajstić information content (AvgIpc) is 3.27. The molecule has 5 N–H and O–H groups in total. The number of nitrogens with one attached hydrogen (secondary N) is 4. The first-order valence-electron chi connectivity index (χ1n) is 13.0. The fraction of sp³-hybridized carbons (Fsp3) is 0.556. The molecule has 0 saturated heterocycles. The van der Waals surface area contributed by atoms with E-state index in [0.717, 1.165) is 29.3 Å². The first-order valence-corrected chi connectivity index (χ1v) is 13.0. The van der Waals surface area contributed by atoms with Gasteiger partial charge in [-0.25, -0.2) is 14.4 Å². The molecule has 0 aliphatic carbocycles. The predicted molar refractivity (Wildman–Crippen MR) is 146 cm³/mol. The van der Waals surface area contributed by atoms with Crippen molar-refractivity contribution in [1.82, 2.24) is 26.0 Å². The standard InChI is InChI=1S/C27H41N5O7/c1-7-8-13-38-32(6)17(2)23(24(34)35)31-22(33)16-29-26(37)30-21(25(36)39-27(3,4)5)14-18-15-28-20-12-10-9-11-19(18)20/h9-12,15,17,21,23,28H,7-8,13-14,16H2,1-6H3,(H,31,33)(H,34,35)(H2,29,30,37)/t17-,21-,23-/m0/s1. The number of carboxylic acid groups (broad SMARTS) is 1. The quantitative estimate of drug-likeness (QED) is 0.137. The smallest absolute Gasteiger partial charge is 0.329 e. The van der Waals surface area contributed by atoms with Gasteiger partial charge in [0.05, 0.1) is 19.2 Å². The van der Waals surface area contributed by atoms with Crippen LogP contribution in [0.4, 0.5) is 4.79 Å². The van der Waals surface area contributed by atoms with E-state index in [4.69, 9.17) is 9.57 Å². The molecule has 216 valence electrons. The highest BCUT2D eigenvalue weighted by Crippen LogP contribution is 2.20. The number of nitrogens with zero attached hydrogens (tertiary/aromatic N) is 1. The normalized spacial score (nSPS) is 13.9. The number of unbranched alkanes of at least 4 members (excludes halogenated alkanes) is 1. The van der Waals surface area contributed by atoms with Crippen molar-refractivity contribution in [2.75, 3.05) is 20.2 Å². The van der Waals surface area contributed by atoms with Gasteiger partial charge < -0.3 is 30.8 Å². The molecule has 0 fully saturated rings. The highest BCUT2D eigenvalue weighted by atomic mass is 16.7. The minimum Gasteiger partial charge on any atom is -0.480 e. The first-order chi connectivity index (χ1) is 18.3. The number of esters is 1. The molecule has 2 aromatic rings. The van der Waals surface area contributed by atoms with Gasteiger partial charge in [-0.15, -0.1) is 0 Å². The largest absolute Gasteiger partial charge is 0.480 e. The third kappa shape index (κ3) is 10.2. The number of fused-ring (bicyclic) bond motifs is 1. The van der Waals surface area contributed by atoms with E-state index in [1.807, 2.05) is 31.2 Å². The third-order valence-corrected chi connectivity index (χ3v) is 5.94. The van der Waals surface area contributed by atoms with E-state index in [-0.39, 0.29) is 6.42 Å². The van der Waals surface area contributed by atoms with E-state index in [1.165, 1.54) is 5.06 Å². The molecule has 0 unspecified atom stereocenters. The van der Waals surface area contributed by atoms with Crippen molar-refractivity contribution in [1.29, 1.82) is 0 Å². The Kier molecular flexibility index (Phi) is 11.7. The first kappa shape index (κ1) is 31.6. The van der Waals surface area contributed by atoms with Gasteiger partial charge in [0, 0.05) is 30.6 Å². The van der Waals surface area contributed by atoms with Crippen LogP contribution in [0.2, 0.25) is 0 Å². The van der Waals surface area contributed by atoms with Crippen molar-refractivity contribution in [3.8, 4) is 0 Å². The van der Waals surface area contributed by atoms with Gasteiger partial charge >= 0.3 is 18.0 Å². The number of hydrogen-bond donors (Lipinski definition) is 5. The molecule has 0 radical (unpaired) electrons. The summed E-state index contributed by atoms with van der Waals surface area (Å²) in [6, 6.07) is 3.81. The number of carboxylic acids is 1. The van der Waals surface area contributed by atoms with Crippen molar-refractivity contribution < 1.29 is 33.9 Å². The highest BCUT2D eigenvalue weighted by Gasteiger charge is 2.31. The van der Waals surface area contributed by atoms with Crippen molar-refractivity contribution in [2.45, 2.75) is 77.6 Å². The van der Waals surface area contributed by atoms with Crippen LogP contribution < -0.4 is 16.0 Å². The molecule has 39 heavy (non-hydrogen) atoms. The molecule has 3 amide bonds. The lowest BCUT2D eigenvalue weighted by molar-refractivity contribution is -0.179. The van der Waals surface area contributed by atoms with Crippen LogP contribution >= 0.6 is 0 Å². The molecule has 1 heterocycles. The molecule has 0 aliphatic heterocycles. The number of urea groups is 1. The van der Waals surface area contributed by atoms with Crippen molar-refractivity contribution >= 4 is 34.8 Å². The number of carbonyl (C=O) groups is 4. The zero-order valence-corrected chi connectivity index (χ0v) is 23.5. The number of amides is 3. The Morgan fingerprint density at radius 3 is 2.46 bits per heavy atom. The lowest BCUT2D eigenvalue weighted by Gasteiger charge is -2.29. The summed E-state index contributed by atoms with van der Waals surface area (Å²) in [5.41, 5.74) is 0.923. The van der Waals surface area contributed by atoms with E-state index in [1.54, 1.807) is 40.9 Å². The Morgan fingerprint density at radius 2 is 1.82 bits per heavy atom. The van der Waals surface area contributed by atoms with Crippen molar-refractivity contribution in [3.63, 3.8) is 0 Å². The lowest BCUT2D eigenvalue weighted by Crippen LogP contribution is -2.56. The number of rotatable bonds is 14. The molecular weight excluding hydrogens is 506 g/mol. The molecular formula is C27H41N5O7. The number of aromatic nitrogens is 1. The van der Waals surface area contributed by atoms with Crippen LogP contribution in [0.3, 0.4) is 0 Å². The number of aromatic amines is 1. The summed E-state index contributed by atoms with van der Waals surface area (Å²) in [6.45, 7) is 8.72. The molecule has 0 bridgehead atoms. The van der Waals surface area contributed by atoms with Crippen LogP contribution in [-0.4, -0.2) is 83.0 Å². The maximum absolute atomic E-state index is 12.9. The SMILES string of the molecule is CCCCON(C)[C@@H](C)[C@H](NC(=O)CNC(=O)N[C@@H](Cc1c[nH]c2ccccc12)C(=O)OC(C)(C)C)C(=O)O. The summed E-state index contributed by atoms with van der Waals surface area (Å²) < 4.78 is 5.50. The molecule has 0 aliphatic rings. The number of aliphatic carboxylic acids is 1. The fourth-order valence-electron chi connectivity index (χ4n) is 3.75. The average molecular weight is 548 g/mol. The topological polar surface area (TPSA) is 162 Å². The molecule has 0 saturated carbocycles. The molecule has 3 atom stereocenters. The predicted octanol–water partition coefficient (Wildman–Crippen LogP) is 2.34. The van der Waals surface area contributed by atoms with Gasteiger partial charge in [-0.05, 0) is 45.7 Å². The van der Waals surface area contributed by atoms with E-state index in [0.29, 0.717) is 6.61 Å². The number of para-hydroxylation sites is 1. The Labute approximate surface area is 228 Å². The summed E-state index contributed by atoms with van der Waals surface area (Å²) in [4.78, 5) is 58.5. The zero-order chi connectivity index (χ0) is 29.2. The number of hydroxylamine groups is 2. The Hall–Kier alpha value is -3.64. The highest BCUT2D eigenvalue weighted by molar-refractivity contribution is 5.90. The van der Waals surface area contributed by atoms with E-state index in [9.17, 15) is 24.3 Å². The molecule has 1 aromatic carbocycles. The number of benzene rings is 1. The van der Waals surface area contributed by atoms with Crippen molar-refractivity contribution in [3.05, 3.63) is 36.0 Å². The van der Waals surface area contributed by atoms with Crippen LogP contribution in [0, 0.1) is 0 Å². The maximum atomic E-state index is 12.9. The lowest BCUT2D eigenvalue weighted by atomic mass is 10.0. The second-order valence-electron chi connectivity index (χ2n) is 10.3. The molecule has 0 spiro atoms. The summed E-state index contributed by atoms with van der Waals surface area (Å²) in [5.74, 6) is -2.58. The van der Waals surface area contributed by atoms with Gasteiger partial charge in [-0.1, -0.05) is 31.5 Å². The van der Waals surface area contributed by atoms with Crippen LogP contribution in [0.25, 0.3) is 10.9 Å². The second-order valence-corrected chi connectivity index (χ2v) is 10.3. The molecule has 2 rings (SSSR count). The van der Waals surface area contributed by atoms with Crippen LogP contribution in [0.1, 0.15) is 53.0 Å². The molecule has 12 heteroatoms. The molecule has 1 aromatic heterocycles. The zero-order valence-electron chi connectivity index (χ0n) is 23.5. The van der Waals surface area contributed by atoms with E-state index in [2.05, 4.69) is 20.9 Å². The second kappa shape index (κ2) is 14.5. The van der Waals surface area contributed by atoms with Crippen molar-refractivity contribution in [2.24, 2.45) is 0 Å². The van der Waals surface area contributed by atoms with Gasteiger partial charge in [0.25, 0.3) is 0 Å². The van der Waals surface area contributed by atoms with Gasteiger partial charge in [-0.3, -0.25) is 9.63 Å². The van der Waals surface area contributed by atoms with Gasteiger partial charge in [0.1, 0.15) is 17.7 Å². The Bertz CT molecular complexity index is 1130. The van der Waals surface area contributed by atoms with Crippen LogP contribution in [0.5, 0.6) is 0 Å². The minimum absolute atomic E-state index is 0.154. The monoisotopic (exact) mass is 547 g/mol. The minimum atomic E-state index is -1.27. The summed E-state index contributed by atoms with van der Waals surface area (Å²) >= 11 is 0. The number of ether oxygens (including phenoxy) is 1. The van der Waals surface area contributed by atoms with E-state index >= 15 is 0 Å². The third-order valence-electron chi connectivity index (χ3n) is 5.94. The number of hydrogen-bond acceptors (Lipinski definition) is 7. The summed E-state index contributed by atoms with van der Waals surface area (Å²) in [6.07, 6.45) is 3.66. The summed E-state index contributed by atoms with van der Waals surface area (Å²) in [5, 5.41) is 19.3. The van der Waals surface area contributed by atoms with Gasteiger partial charge in [0.2, 0.25) is 5.91 Å². The van der Waals surface area contributed by atoms with Gasteiger partial charge in [0.15, 0.2) is 0 Å². The Morgan fingerprint density at radius 1 is 1.13 bits per heavy atom. The van der Waals surface area contributed by atoms with Crippen LogP contribution in [0.15, 0.2) is 30.5 Å². The summed E-state index contributed by atoms with van der Waals surface area (Å²) in [7, 11) is 1.60. The Balaban J connectivity index is 2.01. The number of likely N-dealkylation sites (N-methyl/N-ethyl adjacent to an activating group) is 1. The van der Waals surface area contributed by atoms with E-state index < -0.39 is 54.1 Å².